The van der Waals surface area contributed by atoms with Crippen LogP contribution in [0, 0.1) is 6.92 Å². The van der Waals surface area contributed by atoms with E-state index in [-0.39, 0.29) is 0 Å². The third kappa shape index (κ3) is 2.10. The monoisotopic (exact) mass is 233 g/mol. The van der Waals surface area contributed by atoms with Gasteiger partial charge >= 0.3 is 0 Å². The molecule has 1 heterocycles. The van der Waals surface area contributed by atoms with Gasteiger partial charge in [-0.2, -0.15) is 0 Å². The molecule has 2 N–H and O–H groups in total. The molecule has 1 aromatic carbocycles. The van der Waals surface area contributed by atoms with Gasteiger partial charge in [-0.15, -0.1) is 11.3 Å². The van der Waals surface area contributed by atoms with E-state index in [0.717, 1.165) is 11.3 Å². The molecular formula is C13H15NOS. The molecule has 2 aromatic rings. The van der Waals surface area contributed by atoms with Crippen LogP contribution < -0.4 is 10.5 Å². The number of ether oxygens (including phenoxy) is 1. The van der Waals surface area contributed by atoms with Crippen LogP contribution in [0.3, 0.4) is 0 Å². The number of aryl methyl sites for hydroxylation is 1. The predicted octanol–water partition coefficient (Wildman–Crippen LogP) is 3.19. The zero-order valence-corrected chi connectivity index (χ0v) is 10.3. The number of methoxy groups -OCH3 is 1. The number of nitrogens with two attached hydrogens (primary N) is 1. The van der Waals surface area contributed by atoms with E-state index in [1.165, 1.54) is 15.3 Å². The van der Waals surface area contributed by atoms with Crippen LogP contribution in [0.25, 0.3) is 10.4 Å². The number of hydrogen-bond acceptors (Lipinski definition) is 3. The molecule has 0 saturated heterocycles. The van der Waals surface area contributed by atoms with Crippen LogP contribution in [0.5, 0.6) is 5.75 Å². The maximum absolute atomic E-state index is 5.77. The van der Waals surface area contributed by atoms with Gasteiger partial charge in [0.25, 0.3) is 0 Å². The Morgan fingerprint density at radius 1 is 1.25 bits per heavy atom. The van der Waals surface area contributed by atoms with Gasteiger partial charge in [0.2, 0.25) is 0 Å². The first-order valence-corrected chi connectivity index (χ1v) is 6.00. The van der Waals surface area contributed by atoms with Crippen molar-refractivity contribution in [1.29, 1.82) is 0 Å². The molecule has 0 bridgehead atoms. The molecule has 0 aliphatic rings. The summed E-state index contributed by atoms with van der Waals surface area (Å²) in [6.45, 7) is 2.64. The molecule has 0 atom stereocenters. The standard InChI is InChI=1S/C13H15NOS/c1-9-3-6-13(16-9)12-5-4-11(15-2)7-10(12)8-14/h3-7H,8,14H2,1-2H3. The highest BCUT2D eigenvalue weighted by atomic mass is 32.1. The van der Waals surface area contributed by atoms with Crippen molar-refractivity contribution in [2.45, 2.75) is 13.5 Å². The third-order valence-corrected chi connectivity index (χ3v) is 3.57. The highest BCUT2D eigenvalue weighted by Gasteiger charge is 2.07. The van der Waals surface area contributed by atoms with Crippen molar-refractivity contribution in [3.8, 4) is 16.2 Å². The summed E-state index contributed by atoms with van der Waals surface area (Å²) < 4.78 is 5.20. The Morgan fingerprint density at radius 3 is 2.62 bits per heavy atom. The quantitative estimate of drug-likeness (QED) is 0.883. The van der Waals surface area contributed by atoms with Crippen molar-refractivity contribution in [3.05, 3.63) is 40.8 Å². The molecule has 0 fully saturated rings. The lowest BCUT2D eigenvalue weighted by Gasteiger charge is -2.08. The van der Waals surface area contributed by atoms with E-state index in [1.54, 1.807) is 18.4 Å². The number of benzene rings is 1. The maximum Gasteiger partial charge on any atom is 0.119 e. The van der Waals surface area contributed by atoms with E-state index in [0.29, 0.717) is 6.54 Å². The van der Waals surface area contributed by atoms with Gasteiger partial charge in [0.1, 0.15) is 5.75 Å². The smallest absolute Gasteiger partial charge is 0.119 e. The van der Waals surface area contributed by atoms with Gasteiger partial charge < -0.3 is 10.5 Å². The molecule has 1 aromatic heterocycles. The van der Waals surface area contributed by atoms with Gasteiger partial charge in [0.15, 0.2) is 0 Å². The van der Waals surface area contributed by atoms with Crippen LogP contribution in [0.2, 0.25) is 0 Å². The minimum absolute atomic E-state index is 0.531. The largest absolute Gasteiger partial charge is 0.497 e. The minimum atomic E-state index is 0.531. The van der Waals surface area contributed by atoms with Crippen LogP contribution in [-0.2, 0) is 6.54 Å². The Balaban J connectivity index is 2.48. The highest BCUT2D eigenvalue weighted by molar-refractivity contribution is 7.15. The second-order valence-corrected chi connectivity index (χ2v) is 4.93. The molecule has 2 rings (SSSR count). The lowest BCUT2D eigenvalue weighted by Crippen LogP contribution is -1.99. The zero-order valence-electron chi connectivity index (χ0n) is 9.49. The first-order valence-electron chi connectivity index (χ1n) is 5.18. The molecule has 84 valence electrons. The van der Waals surface area contributed by atoms with Crippen molar-refractivity contribution in [2.75, 3.05) is 7.11 Å². The molecule has 16 heavy (non-hydrogen) atoms. The molecule has 0 aliphatic heterocycles. The van der Waals surface area contributed by atoms with Gasteiger partial charge in [-0.3, -0.25) is 0 Å². The van der Waals surface area contributed by atoms with E-state index < -0.39 is 0 Å². The average molecular weight is 233 g/mol. The topological polar surface area (TPSA) is 35.2 Å². The van der Waals surface area contributed by atoms with E-state index in [1.807, 2.05) is 12.1 Å². The molecule has 0 radical (unpaired) electrons. The Hall–Kier alpha value is -1.32. The Labute approximate surface area is 99.7 Å². The number of thiophene rings is 1. The first kappa shape index (κ1) is 11.2. The van der Waals surface area contributed by atoms with E-state index in [4.69, 9.17) is 10.5 Å². The summed E-state index contributed by atoms with van der Waals surface area (Å²) in [6.07, 6.45) is 0. The van der Waals surface area contributed by atoms with Crippen molar-refractivity contribution >= 4 is 11.3 Å². The lowest BCUT2D eigenvalue weighted by atomic mass is 10.1. The second-order valence-electron chi connectivity index (χ2n) is 3.64. The second kappa shape index (κ2) is 4.68. The average Bonchev–Trinajstić information content (AvgIpc) is 2.74. The highest BCUT2D eigenvalue weighted by Crippen LogP contribution is 2.32. The van der Waals surface area contributed by atoms with Gasteiger partial charge in [0, 0.05) is 16.3 Å². The van der Waals surface area contributed by atoms with E-state index >= 15 is 0 Å². The summed E-state index contributed by atoms with van der Waals surface area (Å²) in [4.78, 5) is 2.58. The minimum Gasteiger partial charge on any atom is -0.497 e. The molecule has 0 saturated carbocycles. The van der Waals surface area contributed by atoms with Crippen LogP contribution in [0.15, 0.2) is 30.3 Å². The maximum atomic E-state index is 5.77. The van der Waals surface area contributed by atoms with Crippen molar-refractivity contribution in [1.82, 2.24) is 0 Å². The van der Waals surface area contributed by atoms with Gasteiger partial charge in [-0.25, -0.2) is 0 Å². The van der Waals surface area contributed by atoms with Crippen molar-refractivity contribution in [2.24, 2.45) is 5.73 Å². The van der Waals surface area contributed by atoms with Gasteiger partial charge in [-0.1, -0.05) is 0 Å². The SMILES string of the molecule is COc1ccc(-c2ccc(C)s2)c(CN)c1. The number of rotatable bonds is 3. The van der Waals surface area contributed by atoms with Crippen LogP contribution in [0.4, 0.5) is 0 Å². The summed E-state index contributed by atoms with van der Waals surface area (Å²) in [6, 6.07) is 10.3. The molecule has 0 spiro atoms. The molecule has 0 aliphatic carbocycles. The Kier molecular flexibility index (Phi) is 3.27. The lowest BCUT2D eigenvalue weighted by molar-refractivity contribution is 0.414. The fraction of sp³-hybridized carbons (Fsp3) is 0.231. The molecule has 2 nitrogen and oxygen atoms in total. The van der Waals surface area contributed by atoms with Crippen LogP contribution in [0.1, 0.15) is 10.4 Å². The zero-order chi connectivity index (χ0) is 11.5. The van der Waals surface area contributed by atoms with Gasteiger partial charge in [0.05, 0.1) is 7.11 Å². The Bertz CT molecular complexity index is 490. The summed E-state index contributed by atoms with van der Waals surface area (Å²) in [5.74, 6) is 0.859. The molecule has 0 unspecified atom stereocenters. The fourth-order valence-corrected chi connectivity index (χ4v) is 2.61. The summed E-state index contributed by atoms with van der Waals surface area (Å²) in [5, 5.41) is 0. The third-order valence-electron chi connectivity index (χ3n) is 2.54. The summed E-state index contributed by atoms with van der Waals surface area (Å²) in [7, 11) is 1.67. The van der Waals surface area contributed by atoms with E-state index in [9.17, 15) is 0 Å². The molecule has 0 amide bonds. The Morgan fingerprint density at radius 2 is 2.06 bits per heavy atom. The fourth-order valence-electron chi connectivity index (χ4n) is 1.69. The van der Waals surface area contributed by atoms with Crippen LogP contribution >= 0.6 is 11.3 Å². The van der Waals surface area contributed by atoms with Crippen molar-refractivity contribution in [3.63, 3.8) is 0 Å². The molecule has 3 heteroatoms. The first-order chi connectivity index (χ1) is 7.74. The van der Waals surface area contributed by atoms with Crippen molar-refractivity contribution < 1.29 is 4.74 Å². The normalized spacial score (nSPS) is 10.4. The predicted molar refractivity (Wildman–Crippen MR) is 68.9 cm³/mol. The van der Waals surface area contributed by atoms with Crippen LogP contribution in [-0.4, -0.2) is 7.11 Å². The number of hydrogen-bond donors (Lipinski definition) is 1. The summed E-state index contributed by atoms with van der Waals surface area (Å²) >= 11 is 1.79. The summed E-state index contributed by atoms with van der Waals surface area (Å²) in [5.41, 5.74) is 8.10. The van der Waals surface area contributed by atoms with E-state index in [2.05, 4.69) is 25.1 Å². The molecular weight excluding hydrogens is 218 g/mol. The van der Waals surface area contributed by atoms with Gasteiger partial charge in [-0.05, 0) is 48.4 Å².